The van der Waals surface area contributed by atoms with Crippen molar-refractivity contribution in [1.82, 2.24) is 0 Å². The van der Waals surface area contributed by atoms with Crippen LogP contribution >= 0.6 is 0 Å². The lowest BCUT2D eigenvalue weighted by Crippen LogP contribution is -2.04. The Balaban J connectivity index is 2.43. The summed E-state index contributed by atoms with van der Waals surface area (Å²) in [4.78, 5) is 0. The molecule has 0 atom stereocenters. The van der Waals surface area contributed by atoms with Crippen LogP contribution < -0.4 is 10.5 Å². The van der Waals surface area contributed by atoms with Gasteiger partial charge >= 0.3 is 0 Å². The maximum absolute atomic E-state index is 14.1. The molecule has 2 aromatic carbocycles. The van der Waals surface area contributed by atoms with Gasteiger partial charge in [-0.2, -0.15) is 0 Å². The highest BCUT2D eigenvalue weighted by Crippen LogP contribution is 2.34. The van der Waals surface area contributed by atoms with Gasteiger partial charge in [0.2, 0.25) is 0 Å². The average Bonchev–Trinajstić information content (AvgIpc) is 2.42. The van der Waals surface area contributed by atoms with Crippen molar-refractivity contribution in [1.29, 1.82) is 0 Å². The minimum absolute atomic E-state index is 0.342. The number of halogens is 2. The van der Waals surface area contributed by atoms with E-state index in [0.717, 1.165) is 16.7 Å². The fourth-order valence-electron chi connectivity index (χ4n) is 2.21. The van der Waals surface area contributed by atoms with E-state index in [0.29, 0.717) is 24.3 Å². The van der Waals surface area contributed by atoms with E-state index in [4.69, 9.17) is 10.5 Å². The molecule has 0 amide bonds. The SMILES string of the molecule is Cc1ccc(C)c(Oc2c(F)cc(CCN)cc2F)c1C. The zero-order valence-corrected chi connectivity index (χ0v) is 12.5. The van der Waals surface area contributed by atoms with Crippen molar-refractivity contribution in [2.45, 2.75) is 27.2 Å². The molecule has 4 heteroatoms. The molecule has 21 heavy (non-hydrogen) atoms. The van der Waals surface area contributed by atoms with Gasteiger partial charge in [0.25, 0.3) is 0 Å². The molecule has 0 saturated heterocycles. The standard InChI is InChI=1S/C17H19F2NO/c1-10-4-5-11(2)16(12(10)3)21-17-14(18)8-13(6-7-20)9-15(17)19/h4-5,8-9H,6-7,20H2,1-3H3. The zero-order valence-electron chi connectivity index (χ0n) is 12.5. The van der Waals surface area contributed by atoms with Crippen LogP contribution in [0.1, 0.15) is 22.3 Å². The van der Waals surface area contributed by atoms with Crippen LogP contribution in [0.15, 0.2) is 24.3 Å². The minimum atomic E-state index is -0.709. The van der Waals surface area contributed by atoms with Crippen molar-refractivity contribution in [3.63, 3.8) is 0 Å². The summed E-state index contributed by atoms with van der Waals surface area (Å²) in [6.45, 7) is 5.99. The highest BCUT2D eigenvalue weighted by molar-refractivity contribution is 5.47. The molecular weight excluding hydrogens is 272 g/mol. The molecular formula is C17H19F2NO. The van der Waals surface area contributed by atoms with Crippen molar-refractivity contribution in [2.24, 2.45) is 5.73 Å². The molecule has 2 rings (SSSR count). The number of hydrogen-bond donors (Lipinski definition) is 1. The fraction of sp³-hybridized carbons (Fsp3) is 0.294. The fourth-order valence-corrected chi connectivity index (χ4v) is 2.21. The van der Waals surface area contributed by atoms with Crippen LogP contribution in [0.25, 0.3) is 0 Å². The predicted molar refractivity (Wildman–Crippen MR) is 79.8 cm³/mol. The summed E-state index contributed by atoms with van der Waals surface area (Å²) >= 11 is 0. The van der Waals surface area contributed by atoms with Gasteiger partial charge in [0.05, 0.1) is 0 Å². The van der Waals surface area contributed by atoms with Crippen LogP contribution in [0.2, 0.25) is 0 Å². The van der Waals surface area contributed by atoms with Crippen molar-refractivity contribution in [3.8, 4) is 11.5 Å². The quantitative estimate of drug-likeness (QED) is 0.917. The molecule has 0 aromatic heterocycles. The summed E-state index contributed by atoms with van der Waals surface area (Å²) in [5.74, 6) is -1.29. The van der Waals surface area contributed by atoms with Crippen LogP contribution in [-0.2, 0) is 6.42 Å². The first kappa shape index (κ1) is 15.4. The van der Waals surface area contributed by atoms with Gasteiger partial charge in [-0.1, -0.05) is 12.1 Å². The van der Waals surface area contributed by atoms with Gasteiger partial charge in [-0.25, -0.2) is 8.78 Å². The minimum Gasteiger partial charge on any atom is -0.451 e. The number of hydrogen-bond acceptors (Lipinski definition) is 2. The highest BCUT2D eigenvalue weighted by Gasteiger charge is 2.16. The lowest BCUT2D eigenvalue weighted by Gasteiger charge is -2.15. The monoisotopic (exact) mass is 291 g/mol. The third-order valence-electron chi connectivity index (χ3n) is 3.57. The second-order valence-corrected chi connectivity index (χ2v) is 5.18. The third kappa shape index (κ3) is 3.22. The van der Waals surface area contributed by atoms with Crippen LogP contribution in [-0.4, -0.2) is 6.54 Å². The first-order chi connectivity index (χ1) is 9.93. The van der Waals surface area contributed by atoms with Gasteiger partial charge in [0.1, 0.15) is 5.75 Å². The van der Waals surface area contributed by atoms with Gasteiger partial charge < -0.3 is 10.5 Å². The maximum atomic E-state index is 14.1. The lowest BCUT2D eigenvalue weighted by atomic mass is 10.1. The molecule has 0 spiro atoms. The number of ether oxygens (including phenoxy) is 1. The molecule has 0 heterocycles. The summed E-state index contributed by atoms with van der Waals surface area (Å²) in [6, 6.07) is 6.36. The Hall–Kier alpha value is -1.94. The summed E-state index contributed by atoms with van der Waals surface area (Å²) in [5.41, 5.74) is 8.65. The van der Waals surface area contributed by atoms with Gasteiger partial charge in [0.15, 0.2) is 17.4 Å². The van der Waals surface area contributed by atoms with E-state index < -0.39 is 11.6 Å². The second kappa shape index (κ2) is 6.22. The van der Waals surface area contributed by atoms with Crippen LogP contribution in [0.5, 0.6) is 11.5 Å². The average molecular weight is 291 g/mol. The summed E-state index contributed by atoms with van der Waals surface area (Å²) in [6.07, 6.45) is 0.427. The summed E-state index contributed by atoms with van der Waals surface area (Å²) < 4.78 is 33.7. The Morgan fingerprint density at radius 3 is 2.10 bits per heavy atom. The topological polar surface area (TPSA) is 35.2 Å². The molecule has 0 radical (unpaired) electrons. The maximum Gasteiger partial charge on any atom is 0.198 e. The Morgan fingerprint density at radius 1 is 0.952 bits per heavy atom. The summed E-state index contributed by atoms with van der Waals surface area (Å²) in [7, 11) is 0. The molecule has 0 aliphatic carbocycles. The number of rotatable bonds is 4. The molecule has 2 N–H and O–H groups in total. The van der Waals surface area contributed by atoms with Crippen molar-refractivity contribution < 1.29 is 13.5 Å². The largest absolute Gasteiger partial charge is 0.451 e. The molecule has 0 fully saturated rings. The van der Waals surface area contributed by atoms with Crippen molar-refractivity contribution >= 4 is 0 Å². The molecule has 0 unspecified atom stereocenters. The van der Waals surface area contributed by atoms with Crippen molar-refractivity contribution in [3.05, 3.63) is 58.2 Å². The van der Waals surface area contributed by atoms with E-state index in [-0.39, 0.29) is 5.75 Å². The molecule has 0 aliphatic heterocycles. The van der Waals surface area contributed by atoms with Gasteiger partial charge in [-0.3, -0.25) is 0 Å². The van der Waals surface area contributed by atoms with E-state index in [1.165, 1.54) is 12.1 Å². The molecule has 2 nitrogen and oxygen atoms in total. The van der Waals surface area contributed by atoms with Crippen LogP contribution in [0.4, 0.5) is 8.78 Å². The second-order valence-electron chi connectivity index (χ2n) is 5.18. The highest BCUT2D eigenvalue weighted by atomic mass is 19.1. The van der Waals surface area contributed by atoms with Gasteiger partial charge in [-0.15, -0.1) is 0 Å². The normalized spacial score (nSPS) is 10.8. The Labute approximate surface area is 123 Å². The molecule has 0 saturated carbocycles. The first-order valence-corrected chi connectivity index (χ1v) is 6.86. The van der Waals surface area contributed by atoms with Gasteiger partial charge in [0, 0.05) is 0 Å². The molecule has 0 bridgehead atoms. The Bertz CT molecular complexity index is 645. The van der Waals surface area contributed by atoms with E-state index in [1.807, 2.05) is 32.9 Å². The van der Waals surface area contributed by atoms with Gasteiger partial charge in [-0.05, 0) is 68.1 Å². The van der Waals surface area contributed by atoms with Crippen molar-refractivity contribution in [2.75, 3.05) is 6.54 Å². The molecule has 0 aliphatic rings. The first-order valence-electron chi connectivity index (χ1n) is 6.86. The van der Waals surface area contributed by atoms with E-state index >= 15 is 0 Å². The van der Waals surface area contributed by atoms with Crippen LogP contribution in [0.3, 0.4) is 0 Å². The summed E-state index contributed by atoms with van der Waals surface area (Å²) in [5, 5.41) is 0. The van der Waals surface area contributed by atoms with E-state index in [9.17, 15) is 8.78 Å². The zero-order chi connectivity index (χ0) is 15.6. The number of aryl methyl sites for hydroxylation is 2. The number of nitrogens with two attached hydrogens (primary N) is 1. The van der Waals surface area contributed by atoms with Crippen LogP contribution in [0, 0.1) is 32.4 Å². The predicted octanol–water partition coefficient (Wildman–Crippen LogP) is 4.18. The Morgan fingerprint density at radius 2 is 1.52 bits per heavy atom. The Kier molecular flexibility index (Phi) is 4.58. The third-order valence-corrected chi connectivity index (χ3v) is 3.57. The number of benzene rings is 2. The molecule has 112 valence electrons. The van der Waals surface area contributed by atoms with E-state index in [1.54, 1.807) is 0 Å². The molecule has 2 aromatic rings. The lowest BCUT2D eigenvalue weighted by molar-refractivity contribution is 0.402. The smallest absolute Gasteiger partial charge is 0.198 e. The van der Waals surface area contributed by atoms with E-state index in [2.05, 4.69) is 0 Å².